The van der Waals surface area contributed by atoms with Crippen molar-refractivity contribution in [2.45, 2.75) is 49.8 Å². The van der Waals surface area contributed by atoms with Gasteiger partial charge in [0.15, 0.2) is 0 Å². The van der Waals surface area contributed by atoms with Gasteiger partial charge in [-0.15, -0.1) is 0 Å². The second-order valence-corrected chi connectivity index (χ2v) is 9.57. The highest BCUT2D eigenvalue weighted by molar-refractivity contribution is 7.89. The van der Waals surface area contributed by atoms with Gasteiger partial charge in [0.2, 0.25) is 15.9 Å². The fraction of sp³-hybridized carbons (Fsp3) is 0.632. The molecule has 1 aliphatic heterocycles. The fourth-order valence-electron chi connectivity index (χ4n) is 3.74. The molecule has 2 fully saturated rings. The fourth-order valence-corrected chi connectivity index (χ4v) is 5.65. The molecule has 0 aromatic heterocycles. The zero-order chi connectivity index (χ0) is 19.3. The van der Waals surface area contributed by atoms with Crippen molar-refractivity contribution in [2.24, 2.45) is 5.92 Å². The topological polar surface area (TPSA) is 75.7 Å². The third kappa shape index (κ3) is 5.44. The van der Waals surface area contributed by atoms with Crippen LogP contribution in [0.3, 0.4) is 0 Å². The number of rotatable bonds is 6. The first-order chi connectivity index (χ1) is 13.0. The van der Waals surface area contributed by atoms with E-state index in [1.54, 1.807) is 6.07 Å². The van der Waals surface area contributed by atoms with Crippen LogP contribution < -0.4 is 5.32 Å². The molecule has 6 nitrogen and oxygen atoms in total. The number of carbonyl (C=O) groups is 1. The second-order valence-electron chi connectivity index (χ2n) is 7.25. The minimum absolute atomic E-state index is 0.0242. The highest BCUT2D eigenvalue weighted by atomic mass is 35.5. The molecular weight excluding hydrogens is 388 g/mol. The van der Waals surface area contributed by atoms with Crippen LogP contribution in [-0.2, 0) is 19.6 Å². The van der Waals surface area contributed by atoms with Crippen molar-refractivity contribution in [1.29, 1.82) is 0 Å². The predicted octanol–water partition coefficient (Wildman–Crippen LogP) is 3.66. The van der Waals surface area contributed by atoms with E-state index in [1.165, 1.54) is 48.5 Å². The molecule has 1 amide bonds. The van der Waals surface area contributed by atoms with Crippen LogP contribution in [-0.4, -0.2) is 44.9 Å². The van der Waals surface area contributed by atoms with Crippen LogP contribution in [0.2, 0.25) is 5.02 Å². The summed E-state index contributed by atoms with van der Waals surface area (Å²) < 4.78 is 32.3. The number of carbonyl (C=O) groups excluding carboxylic acids is 1. The molecule has 1 N–H and O–H groups in total. The van der Waals surface area contributed by atoms with E-state index in [-0.39, 0.29) is 15.8 Å². The number of nitrogens with zero attached hydrogens (tertiary/aromatic N) is 1. The number of morpholine rings is 1. The molecule has 1 saturated heterocycles. The monoisotopic (exact) mass is 414 g/mol. The summed E-state index contributed by atoms with van der Waals surface area (Å²) in [6, 6.07) is 4.61. The Labute approximate surface area is 166 Å². The normalized spacial score (nSPS) is 19.7. The molecule has 3 rings (SSSR count). The van der Waals surface area contributed by atoms with Gasteiger partial charge in [0, 0.05) is 25.2 Å². The Morgan fingerprint density at radius 3 is 2.59 bits per heavy atom. The molecule has 1 heterocycles. The summed E-state index contributed by atoms with van der Waals surface area (Å²) in [6.07, 6.45) is 7.57. The molecule has 0 radical (unpaired) electrons. The zero-order valence-electron chi connectivity index (χ0n) is 15.5. The van der Waals surface area contributed by atoms with Gasteiger partial charge in [0.05, 0.1) is 18.2 Å². The van der Waals surface area contributed by atoms with E-state index in [2.05, 4.69) is 5.32 Å². The van der Waals surface area contributed by atoms with Crippen LogP contribution in [0.4, 0.5) is 5.69 Å². The smallest absolute Gasteiger partial charge is 0.244 e. The van der Waals surface area contributed by atoms with Crippen LogP contribution in [0.1, 0.15) is 44.9 Å². The molecule has 27 heavy (non-hydrogen) atoms. The van der Waals surface area contributed by atoms with Crippen LogP contribution in [0.25, 0.3) is 0 Å². The van der Waals surface area contributed by atoms with E-state index in [0.29, 0.717) is 44.3 Å². The molecule has 2 aliphatic rings. The molecule has 1 aromatic rings. The lowest BCUT2D eigenvalue weighted by atomic mass is 9.86. The van der Waals surface area contributed by atoms with Crippen LogP contribution in [0.15, 0.2) is 23.1 Å². The van der Waals surface area contributed by atoms with Gasteiger partial charge in [-0.2, -0.15) is 4.31 Å². The predicted molar refractivity (Wildman–Crippen MR) is 105 cm³/mol. The number of hydrogen-bond donors (Lipinski definition) is 1. The van der Waals surface area contributed by atoms with Gasteiger partial charge >= 0.3 is 0 Å². The summed E-state index contributed by atoms with van der Waals surface area (Å²) >= 11 is 6.15. The van der Waals surface area contributed by atoms with E-state index < -0.39 is 10.0 Å². The van der Waals surface area contributed by atoms with Crippen molar-refractivity contribution in [2.75, 3.05) is 31.6 Å². The highest BCUT2D eigenvalue weighted by Crippen LogP contribution is 2.29. The summed E-state index contributed by atoms with van der Waals surface area (Å²) in [4.78, 5) is 12.3. The first-order valence-corrected chi connectivity index (χ1v) is 11.5. The molecule has 8 heteroatoms. The minimum Gasteiger partial charge on any atom is -0.379 e. The maximum Gasteiger partial charge on any atom is 0.244 e. The lowest BCUT2D eigenvalue weighted by Gasteiger charge is -2.26. The minimum atomic E-state index is -3.71. The summed E-state index contributed by atoms with van der Waals surface area (Å²) in [5, 5.41) is 2.97. The van der Waals surface area contributed by atoms with Gasteiger partial charge in [0.25, 0.3) is 0 Å². The summed E-state index contributed by atoms with van der Waals surface area (Å²) in [7, 11) is -3.71. The van der Waals surface area contributed by atoms with Gasteiger partial charge in [-0.25, -0.2) is 8.42 Å². The summed E-state index contributed by atoms with van der Waals surface area (Å²) in [5.41, 5.74) is 0.458. The van der Waals surface area contributed by atoms with E-state index >= 15 is 0 Å². The van der Waals surface area contributed by atoms with Crippen molar-refractivity contribution in [1.82, 2.24) is 4.31 Å². The number of halogens is 1. The molecule has 1 saturated carbocycles. The largest absolute Gasteiger partial charge is 0.379 e. The van der Waals surface area contributed by atoms with Gasteiger partial charge in [-0.1, -0.05) is 43.7 Å². The number of nitrogens with one attached hydrogen (secondary N) is 1. The molecule has 150 valence electrons. The van der Waals surface area contributed by atoms with E-state index in [0.717, 1.165) is 6.42 Å². The average molecular weight is 415 g/mol. The van der Waals surface area contributed by atoms with Gasteiger partial charge < -0.3 is 10.1 Å². The molecule has 0 spiro atoms. The maximum absolute atomic E-state index is 12.9. The number of amides is 1. The van der Waals surface area contributed by atoms with E-state index in [1.807, 2.05) is 0 Å². The zero-order valence-corrected chi connectivity index (χ0v) is 17.0. The average Bonchev–Trinajstić information content (AvgIpc) is 2.69. The standard InChI is InChI=1S/C19H27ClN2O4S/c20-17-8-7-16(21-19(23)9-6-15-4-2-1-3-5-15)14-18(17)27(24,25)22-10-12-26-13-11-22/h7-8,14-15H,1-6,9-13H2,(H,21,23). The Bertz CT molecular complexity index is 757. The Balaban J connectivity index is 1.64. The van der Waals surface area contributed by atoms with Crippen LogP contribution >= 0.6 is 11.6 Å². The molecular formula is C19H27ClN2O4S. The Kier molecular flexibility index (Phi) is 7.14. The number of anilines is 1. The number of hydrogen-bond acceptors (Lipinski definition) is 4. The van der Waals surface area contributed by atoms with Gasteiger partial charge in [0.1, 0.15) is 4.90 Å². The number of sulfonamides is 1. The van der Waals surface area contributed by atoms with Crippen molar-refractivity contribution in [3.8, 4) is 0 Å². The lowest BCUT2D eigenvalue weighted by molar-refractivity contribution is -0.116. The molecule has 0 unspecified atom stereocenters. The van der Waals surface area contributed by atoms with E-state index in [9.17, 15) is 13.2 Å². The quantitative estimate of drug-likeness (QED) is 0.770. The van der Waals surface area contributed by atoms with Crippen molar-refractivity contribution in [3.63, 3.8) is 0 Å². The number of benzene rings is 1. The van der Waals surface area contributed by atoms with Gasteiger partial charge in [-0.3, -0.25) is 4.79 Å². The van der Waals surface area contributed by atoms with Crippen molar-refractivity contribution >= 4 is 33.2 Å². The lowest BCUT2D eigenvalue weighted by Crippen LogP contribution is -2.40. The maximum atomic E-state index is 12.9. The summed E-state index contributed by atoms with van der Waals surface area (Å²) in [6.45, 7) is 1.34. The van der Waals surface area contributed by atoms with E-state index in [4.69, 9.17) is 16.3 Å². The first-order valence-electron chi connectivity index (χ1n) is 9.64. The third-order valence-corrected chi connectivity index (χ3v) is 7.69. The Morgan fingerprint density at radius 2 is 1.89 bits per heavy atom. The second kappa shape index (κ2) is 9.37. The van der Waals surface area contributed by atoms with Crippen molar-refractivity contribution < 1.29 is 17.9 Å². The van der Waals surface area contributed by atoms with Crippen molar-refractivity contribution in [3.05, 3.63) is 23.2 Å². The first kappa shape index (κ1) is 20.6. The SMILES string of the molecule is O=C(CCC1CCCCC1)Nc1ccc(Cl)c(S(=O)(=O)N2CCOCC2)c1. The molecule has 1 aliphatic carbocycles. The highest BCUT2D eigenvalue weighted by Gasteiger charge is 2.28. The Hall–Kier alpha value is -1.15. The van der Waals surface area contributed by atoms with Crippen LogP contribution in [0.5, 0.6) is 0 Å². The molecule has 0 atom stereocenters. The molecule has 1 aromatic carbocycles. The molecule has 0 bridgehead atoms. The Morgan fingerprint density at radius 1 is 1.19 bits per heavy atom. The summed E-state index contributed by atoms with van der Waals surface area (Å²) in [5.74, 6) is 0.546. The van der Waals surface area contributed by atoms with Crippen LogP contribution in [0, 0.1) is 5.92 Å². The van der Waals surface area contributed by atoms with Gasteiger partial charge in [-0.05, 0) is 30.5 Å². The number of ether oxygens (including phenoxy) is 1. The third-order valence-electron chi connectivity index (χ3n) is 5.31.